The molecule has 0 aliphatic heterocycles. The van der Waals surface area contributed by atoms with Crippen molar-refractivity contribution in [3.05, 3.63) is 23.3 Å². The van der Waals surface area contributed by atoms with Gasteiger partial charge in [0.2, 0.25) is 0 Å². The van der Waals surface area contributed by atoms with Crippen LogP contribution in [-0.4, -0.2) is 29.8 Å². The molecule has 106 valence electrons. The number of phenols is 1. The topological polar surface area (TPSA) is 92.8 Å². The zero-order valence-corrected chi connectivity index (χ0v) is 11.7. The van der Waals surface area contributed by atoms with Crippen molar-refractivity contribution in [3.8, 4) is 11.5 Å². The molecule has 19 heavy (non-hydrogen) atoms. The predicted molar refractivity (Wildman–Crippen MR) is 72.8 cm³/mol. The molecule has 0 aliphatic rings. The first-order valence-electron chi connectivity index (χ1n) is 6.06. The Morgan fingerprint density at radius 3 is 2.37 bits per heavy atom. The molecule has 0 heterocycles. The van der Waals surface area contributed by atoms with Gasteiger partial charge in [-0.25, -0.2) is 0 Å². The number of rotatable bonds is 4. The normalized spacial score (nSPS) is 13.1. The lowest BCUT2D eigenvalue weighted by Crippen LogP contribution is -2.23. The number of phenolic OH excluding ortho intramolecular Hbond substituents is 1. The molecule has 1 aromatic carbocycles. The minimum absolute atomic E-state index is 0.0568. The monoisotopic (exact) mass is 267 g/mol. The van der Waals surface area contributed by atoms with Gasteiger partial charge in [-0.3, -0.25) is 4.79 Å². The van der Waals surface area contributed by atoms with Gasteiger partial charge in [-0.05, 0) is 17.0 Å². The smallest absolute Gasteiger partial charge is 0.312 e. The van der Waals surface area contributed by atoms with Gasteiger partial charge in [-0.2, -0.15) is 0 Å². The van der Waals surface area contributed by atoms with E-state index in [4.69, 9.17) is 10.5 Å². The van der Waals surface area contributed by atoms with Gasteiger partial charge in [-0.1, -0.05) is 26.8 Å². The first-order valence-corrected chi connectivity index (χ1v) is 6.06. The van der Waals surface area contributed by atoms with Crippen LogP contribution in [0.5, 0.6) is 11.5 Å². The Kier molecular flexibility index (Phi) is 4.42. The van der Waals surface area contributed by atoms with Gasteiger partial charge in [0.05, 0.1) is 13.0 Å². The van der Waals surface area contributed by atoms with Crippen LogP contribution < -0.4 is 10.5 Å². The Bertz CT molecular complexity index is 477. The van der Waals surface area contributed by atoms with Gasteiger partial charge < -0.3 is 20.7 Å². The standard InChI is InChI=1S/C14H21NO4/c1-14(2,3)8-5-9(10(7-15)13(17)18)12(19-4)11(16)6-8/h5-6,10,16H,7,15H2,1-4H3,(H,17,18). The van der Waals surface area contributed by atoms with E-state index < -0.39 is 11.9 Å². The molecule has 0 aliphatic carbocycles. The van der Waals surface area contributed by atoms with Crippen LogP contribution in [0.3, 0.4) is 0 Å². The highest BCUT2D eigenvalue weighted by Gasteiger charge is 2.27. The largest absolute Gasteiger partial charge is 0.504 e. The van der Waals surface area contributed by atoms with Crippen molar-refractivity contribution in [1.29, 1.82) is 0 Å². The second kappa shape index (κ2) is 5.48. The van der Waals surface area contributed by atoms with Crippen molar-refractivity contribution in [2.75, 3.05) is 13.7 Å². The quantitative estimate of drug-likeness (QED) is 0.774. The average Bonchev–Trinajstić information content (AvgIpc) is 2.27. The highest BCUT2D eigenvalue weighted by molar-refractivity contribution is 5.78. The maximum absolute atomic E-state index is 11.3. The summed E-state index contributed by atoms with van der Waals surface area (Å²) < 4.78 is 5.11. The van der Waals surface area contributed by atoms with E-state index in [1.54, 1.807) is 12.1 Å². The third kappa shape index (κ3) is 3.17. The number of aliphatic carboxylic acids is 1. The molecule has 1 aromatic rings. The van der Waals surface area contributed by atoms with E-state index in [0.29, 0.717) is 5.56 Å². The molecule has 0 bridgehead atoms. The molecule has 0 radical (unpaired) electrons. The van der Waals surface area contributed by atoms with Crippen LogP contribution in [0.2, 0.25) is 0 Å². The molecule has 0 aromatic heterocycles. The number of carboxylic acids is 1. The third-order valence-corrected chi connectivity index (χ3v) is 3.08. The van der Waals surface area contributed by atoms with Crippen molar-refractivity contribution in [1.82, 2.24) is 0 Å². The Hall–Kier alpha value is -1.75. The summed E-state index contributed by atoms with van der Waals surface area (Å²) in [4.78, 5) is 11.3. The van der Waals surface area contributed by atoms with E-state index in [1.165, 1.54) is 7.11 Å². The van der Waals surface area contributed by atoms with Gasteiger partial charge in [0.25, 0.3) is 0 Å². The van der Waals surface area contributed by atoms with Gasteiger partial charge in [0, 0.05) is 12.1 Å². The number of carboxylic acid groups (broad SMARTS) is 1. The summed E-state index contributed by atoms with van der Waals surface area (Å²) >= 11 is 0. The first kappa shape index (κ1) is 15.3. The number of benzene rings is 1. The summed E-state index contributed by atoms with van der Waals surface area (Å²) in [5.74, 6) is -1.83. The van der Waals surface area contributed by atoms with E-state index >= 15 is 0 Å². The van der Waals surface area contributed by atoms with Crippen molar-refractivity contribution >= 4 is 5.97 Å². The summed E-state index contributed by atoms with van der Waals surface area (Å²) in [5, 5.41) is 19.2. The van der Waals surface area contributed by atoms with E-state index in [1.807, 2.05) is 20.8 Å². The van der Waals surface area contributed by atoms with E-state index in [0.717, 1.165) is 5.56 Å². The summed E-state index contributed by atoms with van der Waals surface area (Å²) in [5.41, 5.74) is 6.55. The van der Waals surface area contributed by atoms with E-state index in [9.17, 15) is 15.0 Å². The molecule has 0 fully saturated rings. The van der Waals surface area contributed by atoms with Crippen molar-refractivity contribution in [2.24, 2.45) is 5.73 Å². The molecular formula is C14H21NO4. The van der Waals surface area contributed by atoms with E-state index in [2.05, 4.69) is 0 Å². The number of methoxy groups -OCH3 is 1. The molecule has 1 atom stereocenters. The maximum atomic E-state index is 11.3. The molecule has 1 unspecified atom stereocenters. The van der Waals surface area contributed by atoms with Crippen LogP contribution in [0.25, 0.3) is 0 Å². The van der Waals surface area contributed by atoms with Crippen molar-refractivity contribution < 1.29 is 19.7 Å². The highest BCUT2D eigenvalue weighted by atomic mass is 16.5. The molecule has 0 spiro atoms. The van der Waals surface area contributed by atoms with Crippen molar-refractivity contribution in [2.45, 2.75) is 32.1 Å². The summed E-state index contributed by atoms with van der Waals surface area (Å²) in [6.07, 6.45) is 0. The minimum atomic E-state index is -1.04. The minimum Gasteiger partial charge on any atom is -0.504 e. The van der Waals surface area contributed by atoms with Crippen LogP contribution in [0.15, 0.2) is 12.1 Å². The molecule has 0 saturated carbocycles. The second-order valence-electron chi connectivity index (χ2n) is 5.49. The zero-order valence-electron chi connectivity index (χ0n) is 11.7. The SMILES string of the molecule is COc1c(O)cc(C(C)(C)C)cc1C(CN)C(=O)O. The predicted octanol–water partition coefficient (Wildman–Crippen LogP) is 1.83. The maximum Gasteiger partial charge on any atom is 0.312 e. The number of aromatic hydroxyl groups is 1. The van der Waals surface area contributed by atoms with Gasteiger partial charge in [0.1, 0.15) is 0 Å². The molecule has 0 amide bonds. The second-order valence-corrected chi connectivity index (χ2v) is 5.49. The Morgan fingerprint density at radius 1 is 1.42 bits per heavy atom. The third-order valence-electron chi connectivity index (χ3n) is 3.08. The van der Waals surface area contributed by atoms with Gasteiger partial charge >= 0.3 is 5.97 Å². The number of hydrogen-bond donors (Lipinski definition) is 3. The first-order chi connectivity index (χ1) is 8.72. The van der Waals surface area contributed by atoms with Gasteiger partial charge in [0.15, 0.2) is 11.5 Å². The fourth-order valence-corrected chi connectivity index (χ4v) is 1.91. The molecule has 5 heteroatoms. The van der Waals surface area contributed by atoms with Crippen LogP contribution in [0.1, 0.15) is 37.8 Å². The van der Waals surface area contributed by atoms with Gasteiger partial charge in [-0.15, -0.1) is 0 Å². The lowest BCUT2D eigenvalue weighted by molar-refractivity contribution is -0.138. The van der Waals surface area contributed by atoms with Crippen LogP contribution >= 0.6 is 0 Å². The highest BCUT2D eigenvalue weighted by Crippen LogP contribution is 2.39. The fourth-order valence-electron chi connectivity index (χ4n) is 1.91. The average molecular weight is 267 g/mol. The lowest BCUT2D eigenvalue weighted by atomic mass is 9.83. The molecule has 0 saturated heterocycles. The Labute approximate surface area is 113 Å². The van der Waals surface area contributed by atoms with Crippen LogP contribution in [-0.2, 0) is 10.2 Å². The number of ether oxygens (including phenoxy) is 1. The zero-order chi connectivity index (χ0) is 14.8. The summed E-state index contributed by atoms with van der Waals surface area (Å²) in [6, 6.07) is 3.34. The molecule has 1 rings (SSSR count). The fraction of sp³-hybridized carbons (Fsp3) is 0.500. The number of nitrogens with two attached hydrogens (primary N) is 1. The Morgan fingerprint density at radius 2 is 2.00 bits per heavy atom. The lowest BCUT2D eigenvalue weighted by Gasteiger charge is -2.23. The number of carbonyl (C=O) groups is 1. The van der Waals surface area contributed by atoms with Crippen LogP contribution in [0, 0.1) is 0 Å². The summed E-state index contributed by atoms with van der Waals surface area (Å²) in [7, 11) is 1.39. The van der Waals surface area contributed by atoms with Crippen LogP contribution in [0.4, 0.5) is 0 Å². The number of hydrogen-bond acceptors (Lipinski definition) is 4. The van der Waals surface area contributed by atoms with Crippen molar-refractivity contribution in [3.63, 3.8) is 0 Å². The summed E-state index contributed by atoms with van der Waals surface area (Å²) in [6.45, 7) is 5.89. The van der Waals surface area contributed by atoms with E-state index in [-0.39, 0.29) is 23.5 Å². The molecule has 4 N–H and O–H groups in total. The molecular weight excluding hydrogens is 246 g/mol. The molecule has 5 nitrogen and oxygen atoms in total. The Balaban J connectivity index is 3.50.